The summed E-state index contributed by atoms with van der Waals surface area (Å²) in [5, 5.41) is 9.16. The Bertz CT molecular complexity index is 1150. The van der Waals surface area contributed by atoms with Crippen LogP contribution in [-0.2, 0) is 20.9 Å². The number of hydrogen-bond donors (Lipinski definition) is 1. The third kappa shape index (κ3) is 4.84. The summed E-state index contributed by atoms with van der Waals surface area (Å²) in [6, 6.07) is 9.34. The average Bonchev–Trinajstić information content (AvgIpc) is 3.17. The van der Waals surface area contributed by atoms with E-state index in [4.69, 9.17) is 5.11 Å². The maximum atomic E-state index is 14.4. The van der Waals surface area contributed by atoms with Crippen LogP contribution in [0, 0.1) is 11.8 Å². The molecule has 3 amide bonds. The molecule has 5 rings (SSSR count). The molecule has 0 aliphatic carbocycles. The van der Waals surface area contributed by atoms with Crippen LogP contribution in [0.1, 0.15) is 52.0 Å². The molecule has 5 atom stereocenters. The first-order valence-corrected chi connectivity index (χ1v) is 15.2. The molecular formula is C31H41N3O4S. The van der Waals surface area contributed by atoms with Gasteiger partial charge in [-0.1, -0.05) is 67.5 Å². The highest BCUT2D eigenvalue weighted by Crippen LogP contribution is 2.65. The van der Waals surface area contributed by atoms with E-state index in [2.05, 4.69) is 25.2 Å². The molecule has 1 spiro atoms. The van der Waals surface area contributed by atoms with Gasteiger partial charge in [0.05, 0.1) is 16.6 Å². The van der Waals surface area contributed by atoms with E-state index >= 15 is 0 Å². The van der Waals surface area contributed by atoms with Gasteiger partial charge in [0.1, 0.15) is 6.04 Å². The molecule has 7 nitrogen and oxygen atoms in total. The molecule has 8 heteroatoms. The minimum Gasteiger partial charge on any atom is -0.396 e. The van der Waals surface area contributed by atoms with Crippen LogP contribution >= 0.6 is 11.8 Å². The molecule has 0 radical (unpaired) electrons. The second kappa shape index (κ2) is 11.1. The van der Waals surface area contributed by atoms with Crippen molar-refractivity contribution in [3.63, 3.8) is 0 Å². The monoisotopic (exact) mass is 551 g/mol. The number of likely N-dealkylation sites (tertiary alicyclic amines) is 1. The highest BCUT2D eigenvalue weighted by Gasteiger charge is 2.73. The van der Waals surface area contributed by atoms with E-state index in [0.29, 0.717) is 26.2 Å². The van der Waals surface area contributed by atoms with Gasteiger partial charge in [-0.25, -0.2) is 0 Å². The molecule has 2 saturated heterocycles. The van der Waals surface area contributed by atoms with E-state index in [1.807, 2.05) is 60.1 Å². The van der Waals surface area contributed by atoms with E-state index < -0.39 is 27.4 Å². The SMILES string of the molecule is CC(C)N1CC=C[C@]23S[C@]4(C)C=CCN(Cc5ccccc5)C(=O)[C@@H]4[C@H]2C(=O)N(CCCCCCO)C3C1=O. The summed E-state index contributed by atoms with van der Waals surface area (Å²) in [4.78, 5) is 48.4. The van der Waals surface area contributed by atoms with E-state index in [1.54, 1.807) is 16.7 Å². The van der Waals surface area contributed by atoms with Crippen LogP contribution in [0.4, 0.5) is 0 Å². The van der Waals surface area contributed by atoms with Crippen molar-refractivity contribution in [2.24, 2.45) is 11.8 Å². The lowest BCUT2D eigenvalue weighted by Gasteiger charge is -2.37. The van der Waals surface area contributed by atoms with Gasteiger partial charge in [0, 0.05) is 43.6 Å². The molecule has 210 valence electrons. The first kappa shape index (κ1) is 28.0. The summed E-state index contributed by atoms with van der Waals surface area (Å²) in [5.74, 6) is -1.26. The fourth-order valence-corrected chi connectivity index (χ4v) is 9.15. The Labute approximate surface area is 236 Å². The predicted octanol–water partition coefficient (Wildman–Crippen LogP) is 3.63. The number of aliphatic hydroxyl groups is 1. The normalized spacial score (nSPS) is 32.0. The fourth-order valence-electron chi connectivity index (χ4n) is 6.99. The van der Waals surface area contributed by atoms with Crippen LogP contribution in [0.25, 0.3) is 0 Å². The molecule has 39 heavy (non-hydrogen) atoms. The van der Waals surface area contributed by atoms with Crippen molar-refractivity contribution < 1.29 is 19.5 Å². The number of unbranched alkanes of at least 4 members (excludes halogenated alkanes) is 3. The fraction of sp³-hybridized carbons (Fsp3) is 0.581. The van der Waals surface area contributed by atoms with Gasteiger partial charge in [-0.3, -0.25) is 14.4 Å². The lowest BCUT2D eigenvalue weighted by Crippen LogP contribution is -2.54. The van der Waals surface area contributed by atoms with Crippen molar-refractivity contribution in [3.8, 4) is 0 Å². The van der Waals surface area contributed by atoms with E-state index in [9.17, 15) is 14.4 Å². The Hall–Kier alpha value is -2.58. The second-order valence-corrected chi connectivity index (χ2v) is 13.6. The van der Waals surface area contributed by atoms with Crippen molar-refractivity contribution >= 4 is 29.5 Å². The van der Waals surface area contributed by atoms with Crippen LogP contribution in [0.2, 0.25) is 0 Å². The highest BCUT2D eigenvalue weighted by atomic mass is 32.2. The topological polar surface area (TPSA) is 81.2 Å². The first-order chi connectivity index (χ1) is 18.7. The zero-order valence-corrected chi connectivity index (χ0v) is 24.1. The number of carbonyl (C=O) groups excluding carboxylic acids is 3. The average molecular weight is 552 g/mol. The summed E-state index contributed by atoms with van der Waals surface area (Å²) in [6.07, 6.45) is 11.6. The summed E-state index contributed by atoms with van der Waals surface area (Å²) in [7, 11) is 0. The van der Waals surface area contributed by atoms with E-state index in [0.717, 1.165) is 31.2 Å². The molecular weight excluding hydrogens is 510 g/mol. The van der Waals surface area contributed by atoms with Gasteiger partial charge in [-0.2, -0.15) is 0 Å². The zero-order valence-electron chi connectivity index (χ0n) is 23.3. The number of hydrogen-bond acceptors (Lipinski definition) is 5. The van der Waals surface area contributed by atoms with Gasteiger partial charge in [-0.05, 0) is 39.2 Å². The number of amides is 3. The first-order valence-electron chi connectivity index (χ1n) is 14.3. The number of fused-ring (bicyclic) bond motifs is 2. The molecule has 1 aromatic carbocycles. The van der Waals surface area contributed by atoms with Crippen molar-refractivity contribution in [2.75, 3.05) is 26.2 Å². The molecule has 1 unspecified atom stereocenters. The van der Waals surface area contributed by atoms with Gasteiger partial charge in [0.2, 0.25) is 17.7 Å². The lowest BCUT2D eigenvalue weighted by atomic mass is 9.74. The molecule has 4 aliphatic heterocycles. The van der Waals surface area contributed by atoms with Gasteiger partial charge in [0.15, 0.2) is 0 Å². The molecule has 1 N–H and O–H groups in total. The van der Waals surface area contributed by atoms with Gasteiger partial charge < -0.3 is 19.8 Å². The lowest BCUT2D eigenvalue weighted by molar-refractivity contribution is -0.145. The number of nitrogens with zero attached hydrogens (tertiary/aromatic N) is 3. The molecule has 2 fully saturated rings. The Kier molecular flexibility index (Phi) is 7.98. The standard InChI is InChI=1S/C31H41N3O4S/c1-22(2)33-19-12-16-31-25(28(37)34(26(31)29(33)38)18-9-4-5-10-20-35)24-27(36)32(17-11-15-30(24,3)39-31)21-23-13-7-6-8-14-23/h6-8,11-16,22,24-26,35H,4-5,9-10,17-21H2,1-3H3/t24-,25-,26?,30+,31-/m0/s1. The summed E-state index contributed by atoms with van der Waals surface area (Å²) in [6.45, 7) is 8.24. The maximum Gasteiger partial charge on any atom is 0.247 e. The smallest absolute Gasteiger partial charge is 0.247 e. The Morgan fingerprint density at radius 1 is 0.923 bits per heavy atom. The molecule has 4 aliphatic rings. The van der Waals surface area contributed by atoms with Crippen molar-refractivity contribution in [1.29, 1.82) is 0 Å². The van der Waals surface area contributed by atoms with Crippen LogP contribution in [0.15, 0.2) is 54.6 Å². The van der Waals surface area contributed by atoms with Crippen molar-refractivity contribution in [2.45, 2.75) is 74.6 Å². The summed E-state index contributed by atoms with van der Waals surface area (Å²) >= 11 is 1.65. The van der Waals surface area contributed by atoms with Crippen molar-refractivity contribution in [1.82, 2.24) is 14.7 Å². The number of benzene rings is 1. The van der Waals surface area contributed by atoms with Gasteiger partial charge in [0.25, 0.3) is 0 Å². The summed E-state index contributed by atoms with van der Waals surface area (Å²) < 4.78 is -1.38. The second-order valence-electron chi connectivity index (χ2n) is 11.8. The van der Waals surface area contributed by atoms with Crippen LogP contribution < -0.4 is 0 Å². The van der Waals surface area contributed by atoms with Crippen LogP contribution in [-0.4, -0.2) is 85.3 Å². The van der Waals surface area contributed by atoms with Gasteiger partial charge in [-0.15, -0.1) is 11.8 Å². The van der Waals surface area contributed by atoms with E-state index in [1.165, 1.54) is 0 Å². The third-order valence-electron chi connectivity index (χ3n) is 8.82. The van der Waals surface area contributed by atoms with Crippen LogP contribution in [0.5, 0.6) is 0 Å². The molecule has 1 aromatic rings. The molecule has 0 bridgehead atoms. The van der Waals surface area contributed by atoms with Crippen molar-refractivity contribution in [3.05, 3.63) is 60.2 Å². The van der Waals surface area contributed by atoms with Crippen LogP contribution in [0.3, 0.4) is 0 Å². The number of carbonyl (C=O) groups is 3. The number of thioether (sulfide) groups is 1. The van der Waals surface area contributed by atoms with Gasteiger partial charge >= 0.3 is 0 Å². The number of rotatable bonds is 9. The maximum absolute atomic E-state index is 14.4. The quantitative estimate of drug-likeness (QED) is 0.375. The minimum absolute atomic E-state index is 0.00761. The minimum atomic E-state index is -0.794. The summed E-state index contributed by atoms with van der Waals surface area (Å²) in [5.41, 5.74) is 1.06. The molecule has 0 aromatic heterocycles. The Morgan fingerprint density at radius 2 is 1.64 bits per heavy atom. The Morgan fingerprint density at radius 3 is 2.36 bits per heavy atom. The third-order valence-corrected chi connectivity index (χ3v) is 10.6. The predicted molar refractivity (Wildman–Crippen MR) is 154 cm³/mol. The zero-order chi connectivity index (χ0) is 27.8. The largest absolute Gasteiger partial charge is 0.396 e. The Balaban J connectivity index is 1.52. The molecule has 0 saturated carbocycles. The number of aliphatic hydroxyl groups excluding tert-OH is 1. The van der Waals surface area contributed by atoms with E-state index in [-0.39, 0.29) is 30.4 Å². The highest BCUT2D eigenvalue weighted by molar-refractivity contribution is 8.02. The molecule has 4 heterocycles.